The summed E-state index contributed by atoms with van der Waals surface area (Å²) in [5.74, 6) is 2.36. The molecule has 172 valence electrons. The molecule has 2 rings (SSSR count). The van der Waals surface area contributed by atoms with E-state index >= 15 is 0 Å². The Morgan fingerprint density at radius 3 is 2.35 bits per heavy atom. The first-order valence-electron chi connectivity index (χ1n) is 9.30. The normalized spacial score (nSPS) is 11.4. The number of hydrogen-bond acceptors (Lipinski definition) is 5. The van der Waals surface area contributed by atoms with Crippen molar-refractivity contribution in [2.24, 2.45) is 4.99 Å². The zero-order valence-electron chi connectivity index (χ0n) is 17.5. The maximum Gasteiger partial charge on any atom is 0.417 e. The molecule has 0 saturated heterocycles. The molecule has 1 heterocycles. The molecule has 31 heavy (non-hydrogen) atoms. The van der Waals surface area contributed by atoms with E-state index in [9.17, 15) is 13.2 Å². The van der Waals surface area contributed by atoms with Gasteiger partial charge in [0, 0.05) is 32.9 Å². The van der Waals surface area contributed by atoms with Crippen molar-refractivity contribution in [3.63, 3.8) is 0 Å². The van der Waals surface area contributed by atoms with Gasteiger partial charge in [-0.2, -0.15) is 13.2 Å². The van der Waals surface area contributed by atoms with Crippen LogP contribution in [0.1, 0.15) is 17.5 Å². The van der Waals surface area contributed by atoms with Crippen LogP contribution in [0.5, 0.6) is 11.5 Å². The van der Waals surface area contributed by atoms with Crippen molar-refractivity contribution < 1.29 is 22.6 Å². The summed E-state index contributed by atoms with van der Waals surface area (Å²) in [7, 11) is 4.85. The number of halogens is 4. The van der Waals surface area contributed by atoms with E-state index in [2.05, 4.69) is 25.9 Å². The third-order valence-electron chi connectivity index (χ3n) is 4.17. The molecule has 0 bridgehead atoms. The smallest absolute Gasteiger partial charge is 0.417 e. The van der Waals surface area contributed by atoms with E-state index in [0.29, 0.717) is 42.9 Å². The average molecular weight is 553 g/mol. The highest BCUT2D eigenvalue weighted by atomic mass is 127. The zero-order chi connectivity index (χ0) is 22.0. The minimum atomic E-state index is -4.38. The molecular formula is C20H27F3IN5O2. The number of anilines is 1. The summed E-state index contributed by atoms with van der Waals surface area (Å²) in [6, 6.07) is 7.99. The molecule has 3 N–H and O–H groups in total. The molecule has 0 amide bonds. The molecule has 0 spiro atoms. The van der Waals surface area contributed by atoms with Crippen LogP contribution in [0.2, 0.25) is 0 Å². The maximum atomic E-state index is 12.5. The zero-order valence-corrected chi connectivity index (χ0v) is 19.9. The van der Waals surface area contributed by atoms with Crippen molar-refractivity contribution >= 4 is 35.8 Å². The number of benzene rings is 1. The number of pyridine rings is 1. The number of methoxy groups -OCH3 is 2. The van der Waals surface area contributed by atoms with E-state index in [4.69, 9.17) is 9.47 Å². The molecule has 0 unspecified atom stereocenters. The molecule has 1 aromatic carbocycles. The van der Waals surface area contributed by atoms with Crippen LogP contribution in [0.3, 0.4) is 0 Å². The molecule has 7 nitrogen and oxygen atoms in total. The lowest BCUT2D eigenvalue weighted by Crippen LogP contribution is -2.37. The lowest BCUT2D eigenvalue weighted by molar-refractivity contribution is -0.137. The van der Waals surface area contributed by atoms with Gasteiger partial charge in [-0.3, -0.25) is 4.99 Å². The average Bonchev–Trinajstić information content (AvgIpc) is 2.75. The van der Waals surface area contributed by atoms with Crippen molar-refractivity contribution in [1.82, 2.24) is 15.6 Å². The first-order chi connectivity index (χ1) is 14.4. The molecule has 0 aliphatic heterocycles. The standard InChI is InChI=1S/C20H26F3N5O2.HI/c1-24-19(28-12-14-5-7-16(29-2)17(11-14)30-3)26-10-4-9-25-18-8-6-15(13-27-18)20(21,22)23;/h5-8,11,13H,4,9-10,12H2,1-3H3,(H,25,27)(H2,24,26,28);1H. The highest BCUT2D eigenvalue weighted by Gasteiger charge is 2.30. The Morgan fingerprint density at radius 1 is 1.03 bits per heavy atom. The summed E-state index contributed by atoms with van der Waals surface area (Å²) in [6.07, 6.45) is -2.84. The topological polar surface area (TPSA) is 79.8 Å². The third kappa shape index (κ3) is 8.67. The van der Waals surface area contributed by atoms with Gasteiger partial charge in [0.15, 0.2) is 17.5 Å². The third-order valence-corrected chi connectivity index (χ3v) is 4.17. The molecule has 0 aliphatic rings. The Labute approximate surface area is 196 Å². The molecule has 0 fully saturated rings. The second-order valence-electron chi connectivity index (χ2n) is 6.25. The fraction of sp³-hybridized carbons (Fsp3) is 0.400. The predicted molar refractivity (Wildman–Crippen MR) is 126 cm³/mol. The van der Waals surface area contributed by atoms with Crippen molar-refractivity contribution in [2.45, 2.75) is 19.1 Å². The maximum absolute atomic E-state index is 12.5. The first kappa shape index (κ1) is 26.6. The Hall–Kier alpha value is -2.44. The van der Waals surface area contributed by atoms with Crippen LogP contribution < -0.4 is 25.4 Å². The molecule has 0 atom stereocenters. The second-order valence-corrected chi connectivity index (χ2v) is 6.25. The predicted octanol–water partition coefficient (Wildman–Crippen LogP) is 3.90. The van der Waals surface area contributed by atoms with Gasteiger partial charge in [-0.05, 0) is 36.2 Å². The Balaban J connectivity index is 0.00000480. The minimum absolute atomic E-state index is 0. The first-order valence-corrected chi connectivity index (χ1v) is 9.30. The van der Waals surface area contributed by atoms with Gasteiger partial charge in [-0.15, -0.1) is 24.0 Å². The quantitative estimate of drug-likeness (QED) is 0.189. The molecule has 0 saturated carbocycles. The lowest BCUT2D eigenvalue weighted by atomic mass is 10.2. The van der Waals surface area contributed by atoms with E-state index in [1.54, 1.807) is 21.3 Å². The van der Waals surface area contributed by atoms with Gasteiger partial charge in [0.05, 0.1) is 19.8 Å². The van der Waals surface area contributed by atoms with Crippen molar-refractivity contribution in [3.8, 4) is 11.5 Å². The highest BCUT2D eigenvalue weighted by Crippen LogP contribution is 2.29. The van der Waals surface area contributed by atoms with Crippen LogP contribution in [0.25, 0.3) is 0 Å². The molecule has 0 radical (unpaired) electrons. The second kappa shape index (κ2) is 13.1. The van der Waals surface area contributed by atoms with Crippen LogP contribution in [-0.2, 0) is 12.7 Å². The minimum Gasteiger partial charge on any atom is -0.493 e. The fourth-order valence-electron chi connectivity index (χ4n) is 2.57. The van der Waals surface area contributed by atoms with Gasteiger partial charge in [-0.25, -0.2) is 4.98 Å². The highest BCUT2D eigenvalue weighted by molar-refractivity contribution is 14.0. The molecule has 0 aliphatic carbocycles. The lowest BCUT2D eigenvalue weighted by Gasteiger charge is -2.14. The number of guanidine groups is 1. The number of aliphatic imine (C=N–C) groups is 1. The summed E-state index contributed by atoms with van der Waals surface area (Å²) in [6.45, 7) is 1.73. The van der Waals surface area contributed by atoms with Crippen LogP contribution in [0, 0.1) is 0 Å². The van der Waals surface area contributed by atoms with Gasteiger partial charge in [-0.1, -0.05) is 6.07 Å². The summed E-state index contributed by atoms with van der Waals surface area (Å²) in [4.78, 5) is 7.94. The largest absolute Gasteiger partial charge is 0.493 e. The molecule has 2 aromatic rings. The number of nitrogens with one attached hydrogen (secondary N) is 3. The fourth-order valence-corrected chi connectivity index (χ4v) is 2.57. The van der Waals surface area contributed by atoms with Gasteiger partial charge in [0.2, 0.25) is 0 Å². The molecule has 11 heteroatoms. The van der Waals surface area contributed by atoms with Crippen LogP contribution in [-0.4, -0.2) is 45.3 Å². The van der Waals surface area contributed by atoms with E-state index in [0.717, 1.165) is 24.2 Å². The monoisotopic (exact) mass is 553 g/mol. The van der Waals surface area contributed by atoms with Crippen LogP contribution in [0.15, 0.2) is 41.5 Å². The Morgan fingerprint density at radius 2 is 1.77 bits per heavy atom. The summed E-state index contributed by atoms with van der Waals surface area (Å²) in [5, 5.41) is 9.38. The summed E-state index contributed by atoms with van der Waals surface area (Å²) >= 11 is 0. The number of alkyl halides is 3. The number of hydrogen-bond donors (Lipinski definition) is 3. The summed E-state index contributed by atoms with van der Waals surface area (Å²) < 4.78 is 48.1. The van der Waals surface area contributed by atoms with E-state index in [-0.39, 0.29) is 24.0 Å². The van der Waals surface area contributed by atoms with Crippen molar-refractivity contribution in [1.29, 1.82) is 0 Å². The van der Waals surface area contributed by atoms with E-state index in [1.165, 1.54) is 6.07 Å². The van der Waals surface area contributed by atoms with Crippen molar-refractivity contribution in [3.05, 3.63) is 47.7 Å². The van der Waals surface area contributed by atoms with Crippen LogP contribution >= 0.6 is 24.0 Å². The van der Waals surface area contributed by atoms with E-state index in [1.807, 2.05) is 18.2 Å². The van der Waals surface area contributed by atoms with Gasteiger partial charge in [0.1, 0.15) is 5.82 Å². The molecule has 1 aromatic heterocycles. The van der Waals surface area contributed by atoms with Gasteiger partial charge in [0.25, 0.3) is 0 Å². The molecular weight excluding hydrogens is 526 g/mol. The van der Waals surface area contributed by atoms with Gasteiger partial charge >= 0.3 is 6.18 Å². The van der Waals surface area contributed by atoms with Gasteiger partial charge < -0.3 is 25.4 Å². The van der Waals surface area contributed by atoms with Crippen LogP contribution in [0.4, 0.5) is 19.0 Å². The summed E-state index contributed by atoms with van der Waals surface area (Å²) in [5.41, 5.74) is 0.240. The Bertz CT molecular complexity index is 833. The number of rotatable bonds is 9. The number of ether oxygens (including phenoxy) is 2. The number of aromatic nitrogens is 1. The van der Waals surface area contributed by atoms with Crippen molar-refractivity contribution in [2.75, 3.05) is 39.7 Å². The van der Waals surface area contributed by atoms with E-state index < -0.39 is 11.7 Å². The Kier molecular flexibility index (Phi) is 11.2. The number of nitrogens with zero attached hydrogens (tertiary/aromatic N) is 2. The SMILES string of the molecule is CN=C(NCCCNc1ccc(C(F)(F)F)cn1)NCc1ccc(OC)c(OC)c1.I.